The fraction of sp³-hybridized carbons (Fsp3) is 0.304. The van der Waals surface area contributed by atoms with E-state index in [0.717, 1.165) is 22.0 Å². The normalized spacial score (nSPS) is 12.1. The fourth-order valence-corrected chi connectivity index (χ4v) is 3.48. The lowest BCUT2D eigenvalue weighted by Gasteiger charge is -2.14. The highest BCUT2D eigenvalue weighted by Crippen LogP contribution is 2.21. The molecule has 0 bridgehead atoms. The molecule has 0 radical (unpaired) electrons. The summed E-state index contributed by atoms with van der Waals surface area (Å²) in [6.07, 6.45) is 2.17. The van der Waals surface area contributed by atoms with E-state index in [0.29, 0.717) is 25.1 Å². The molecule has 2 N–H and O–H groups in total. The summed E-state index contributed by atoms with van der Waals surface area (Å²) in [6, 6.07) is 15.4. The van der Waals surface area contributed by atoms with Crippen LogP contribution in [0.1, 0.15) is 21.5 Å². The van der Waals surface area contributed by atoms with E-state index in [2.05, 4.69) is 5.32 Å². The maximum absolute atomic E-state index is 12.8. The summed E-state index contributed by atoms with van der Waals surface area (Å²) < 4.78 is 7.13. The Bertz CT molecular complexity index is 1010. The van der Waals surface area contributed by atoms with E-state index in [1.54, 1.807) is 13.3 Å². The number of carboxylic acids is 1. The van der Waals surface area contributed by atoms with Crippen LogP contribution in [0, 0.1) is 12.8 Å². The number of carboxylic acid groups (broad SMARTS) is 1. The van der Waals surface area contributed by atoms with Crippen molar-refractivity contribution in [2.75, 3.05) is 20.3 Å². The van der Waals surface area contributed by atoms with Gasteiger partial charge in [-0.1, -0.05) is 48.0 Å². The van der Waals surface area contributed by atoms with Crippen molar-refractivity contribution in [1.82, 2.24) is 9.88 Å². The molecule has 2 aromatic carbocycles. The third-order valence-corrected chi connectivity index (χ3v) is 4.99. The van der Waals surface area contributed by atoms with Gasteiger partial charge in [-0.25, -0.2) is 0 Å². The van der Waals surface area contributed by atoms with E-state index in [-0.39, 0.29) is 12.5 Å². The highest BCUT2D eigenvalue weighted by Gasteiger charge is 2.21. The summed E-state index contributed by atoms with van der Waals surface area (Å²) >= 11 is 0. The second kappa shape index (κ2) is 9.39. The van der Waals surface area contributed by atoms with Crippen LogP contribution in [-0.4, -0.2) is 41.8 Å². The summed E-state index contributed by atoms with van der Waals surface area (Å²) in [4.78, 5) is 24.5. The number of nitrogens with one attached hydrogen (secondary N) is 1. The molecule has 0 aliphatic carbocycles. The summed E-state index contributed by atoms with van der Waals surface area (Å²) in [7, 11) is 1.64. The lowest BCUT2D eigenvalue weighted by Crippen LogP contribution is -2.34. The van der Waals surface area contributed by atoms with Crippen molar-refractivity contribution < 1.29 is 19.4 Å². The van der Waals surface area contributed by atoms with Crippen molar-refractivity contribution in [3.63, 3.8) is 0 Å². The molecule has 1 aromatic heterocycles. The molecular weight excluding hydrogens is 368 g/mol. The van der Waals surface area contributed by atoms with E-state index in [1.807, 2.05) is 60.0 Å². The third-order valence-electron chi connectivity index (χ3n) is 4.99. The Balaban J connectivity index is 1.74. The third kappa shape index (κ3) is 5.03. The number of aromatic nitrogens is 1. The van der Waals surface area contributed by atoms with Gasteiger partial charge in [0.25, 0.3) is 5.91 Å². The maximum Gasteiger partial charge on any atom is 0.308 e. The molecule has 1 amide bonds. The van der Waals surface area contributed by atoms with Gasteiger partial charge in [0.2, 0.25) is 0 Å². The van der Waals surface area contributed by atoms with Gasteiger partial charge in [-0.2, -0.15) is 0 Å². The van der Waals surface area contributed by atoms with Crippen molar-refractivity contribution in [1.29, 1.82) is 0 Å². The number of nitrogens with zero attached hydrogens (tertiary/aromatic N) is 1. The number of hydrogen-bond acceptors (Lipinski definition) is 3. The zero-order valence-corrected chi connectivity index (χ0v) is 16.7. The van der Waals surface area contributed by atoms with Gasteiger partial charge in [0.1, 0.15) is 0 Å². The van der Waals surface area contributed by atoms with Crippen LogP contribution in [0.3, 0.4) is 0 Å². The van der Waals surface area contributed by atoms with Crippen molar-refractivity contribution in [2.45, 2.75) is 19.9 Å². The number of carbonyl (C=O) groups excluding carboxylic acids is 1. The van der Waals surface area contributed by atoms with Crippen LogP contribution in [0.4, 0.5) is 0 Å². The molecule has 152 valence electrons. The molecule has 0 aliphatic heterocycles. The van der Waals surface area contributed by atoms with Crippen molar-refractivity contribution in [3.05, 3.63) is 71.4 Å². The van der Waals surface area contributed by atoms with E-state index in [1.165, 1.54) is 0 Å². The van der Waals surface area contributed by atoms with Crippen LogP contribution in [0.2, 0.25) is 0 Å². The minimum absolute atomic E-state index is 0.0691. The Morgan fingerprint density at radius 2 is 1.97 bits per heavy atom. The highest BCUT2D eigenvalue weighted by atomic mass is 16.5. The van der Waals surface area contributed by atoms with Crippen molar-refractivity contribution >= 4 is 22.8 Å². The lowest BCUT2D eigenvalue weighted by molar-refractivity contribution is -0.141. The standard InChI is InChI=1S/C23H26N2O4/c1-16-6-5-7-17(12-16)13-18(23(27)28)14-24-22(26)20-15-25(10-11-29-2)21-9-4-3-8-19(20)21/h3-9,12,15,18H,10-11,13-14H2,1-2H3,(H,24,26)(H,27,28). The number of hydrogen-bond donors (Lipinski definition) is 2. The largest absolute Gasteiger partial charge is 0.481 e. The summed E-state index contributed by atoms with van der Waals surface area (Å²) in [5.41, 5.74) is 3.52. The van der Waals surface area contributed by atoms with Crippen molar-refractivity contribution in [2.24, 2.45) is 5.92 Å². The Hall–Kier alpha value is -3.12. The van der Waals surface area contributed by atoms with Gasteiger partial charge in [0.15, 0.2) is 0 Å². The first-order valence-electron chi connectivity index (χ1n) is 9.63. The number of amides is 1. The predicted molar refractivity (Wildman–Crippen MR) is 112 cm³/mol. The average molecular weight is 394 g/mol. The minimum atomic E-state index is -0.922. The highest BCUT2D eigenvalue weighted by molar-refractivity contribution is 6.07. The second-order valence-corrected chi connectivity index (χ2v) is 7.18. The smallest absolute Gasteiger partial charge is 0.308 e. The molecule has 1 atom stereocenters. The van der Waals surface area contributed by atoms with Crippen LogP contribution in [0.5, 0.6) is 0 Å². The van der Waals surface area contributed by atoms with E-state index < -0.39 is 11.9 Å². The molecule has 1 heterocycles. The fourth-order valence-electron chi connectivity index (χ4n) is 3.48. The number of carbonyl (C=O) groups is 2. The van der Waals surface area contributed by atoms with Gasteiger partial charge in [-0.3, -0.25) is 9.59 Å². The van der Waals surface area contributed by atoms with Crippen LogP contribution in [0.25, 0.3) is 10.9 Å². The summed E-state index contributed by atoms with van der Waals surface area (Å²) in [5, 5.41) is 13.2. The number of ether oxygens (including phenoxy) is 1. The number of benzene rings is 2. The Labute approximate surface area is 170 Å². The first-order chi connectivity index (χ1) is 14.0. The van der Waals surface area contributed by atoms with Gasteiger partial charge in [-0.15, -0.1) is 0 Å². The molecule has 0 fully saturated rings. The van der Waals surface area contributed by atoms with E-state index in [9.17, 15) is 14.7 Å². The molecule has 1 unspecified atom stereocenters. The quantitative estimate of drug-likeness (QED) is 0.584. The zero-order chi connectivity index (χ0) is 20.8. The first-order valence-corrected chi connectivity index (χ1v) is 9.63. The molecule has 0 spiro atoms. The van der Waals surface area contributed by atoms with Gasteiger partial charge >= 0.3 is 5.97 Å². The number of fused-ring (bicyclic) bond motifs is 1. The topological polar surface area (TPSA) is 80.6 Å². The maximum atomic E-state index is 12.8. The van der Waals surface area contributed by atoms with E-state index in [4.69, 9.17) is 4.74 Å². The Morgan fingerprint density at radius 1 is 1.17 bits per heavy atom. The van der Waals surface area contributed by atoms with Crippen LogP contribution in [-0.2, 0) is 22.5 Å². The molecule has 0 saturated carbocycles. The lowest BCUT2D eigenvalue weighted by atomic mass is 9.98. The van der Waals surface area contributed by atoms with Crippen LogP contribution >= 0.6 is 0 Å². The summed E-state index contributed by atoms with van der Waals surface area (Å²) in [6.45, 7) is 3.22. The molecule has 3 rings (SSSR count). The van der Waals surface area contributed by atoms with Crippen LogP contribution in [0.15, 0.2) is 54.7 Å². The number of para-hydroxylation sites is 1. The molecule has 29 heavy (non-hydrogen) atoms. The SMILES string of the molecule is COCCn1cc(C(=O)NCC(Cc2cccc(C)c2)C(=O)O)c2ccccc21. The molecule has 0 aliphatic rings. The number of rotatable bonds is 9. The van der Waals surface area contributed by atoms with Gasteiger partial charge in [-0.05, 0) is 25.0 Å². The van der Waals surface area contributed by atoms with Crippen molar-refractivity contribution in [3.8, 4) is 0 Å². The second-order valence-electron chi connectivity index (χ2n) is 7.18. The Morgan fingerprint density at radius 3 is 2.69 bits per heavy atom. The van der Waals surface area contributed by atoms with Gasteiger partial charge in [0, 0.05) is 37.3 Å². The molecular formula is C23H26N2O4. The van der Waals surface area contributed by atoms with Gasteiger partial charge in [0.05, 0.1) is 18.1 Å². The average Bonchev–Trinajstić information content (AvgIpc) is 3.08. The minimum Gasteiger partial charge on any atom is -0.481 e. The van der Waals surface area contributed by atoms with Crippen LogP contribution < -0.4 is 5.32 Å². The predicted octanol–water partition coefficient (Wildman–Crippen LogP) is 3.27. The Kier molecular flexibility index (Phi) is 6.67. The first kappa shape index (κ1) is 20.6. The molecule has 6 heteroatoms. The molecule has 0 saturated heterocycles. The number of aryl methyl sites for hydroxylation is 1. The zero-order valence-electron chi connectivity index (χ0n) is 16.7. The molecule has 6 nitrogen and oxygen atoms in total. The van der Waals surface area contributed by atoms with Gasteiger partial charge < -0.3 is 19.7 Å². The number of aliphatic carboxylic acids is 1. The molecule has 3 aromatic rings. The van der Waals surface area contributed by atoms with E-state index >= 15 is 0 Å². The number of methoxy groups -OCH3 is 1. The monoisotopic (exact) mass is 394 g/mol. The summed E-state index contributed by atoms with van der Waals surface area (Å²) in [5.74, 6) is -1.88.